The van der Waals surface area contributed by atoms with E-state index in [-0.39, 0.29) is 0 Å². The summed E-state index contributed by atoms with van der Waals surface area (Å²) < 4.78 is 0. The van der Waals surface area contributed by atoms with Crippen molar-refractivity contribution >= 4 is 22.7 Å². The Bertz CT molecular complexity index is 2200. The lowest BCUT2D eigenvalue weighted by molar-refractivity contribution is 0.392. The predicted octanol–water partition coefficient (Wildman–Crippen LogP) is 14.8. The number of hydrogen-bond donors (Lipinski definition) is 0. The van der Waals surface area contributed by atoms with Crippen LogP contribution in [0.15, 0.2) is 224 Å². The van der Waals surface area contributed by atoms with Crippen LogP contribution >= 0.6 is 0 Å². The van der Waals surface area contributed by atoms with Crippen molar-refractivity contribution in [2.45, 2.75) is 44.1 Å². The second-order valence-corrected chi connectivity index (χ2v) is 14.6. The van der Waals surface area contributed by atoms with Crippen molar-refractivity contribution in [3.63, 3.8) is 0 Å². The van der Waals surface area contributed by atoms with Crippen molar-refractivity contribution < 1.29 is 0 Å². The molecule has 0 spiro atoms. The van der Waals surface area contributed by atoms with Crippen LogP contribution in [0.3, 0.4) is 0 Å². The van der Waals surface area contributed by atoms with E-state index in [1.54, 1.807) is 0 Å². The van der Waals surface area contributed by atoms with Gasteiger partial charge in [-0.15, -0.1) is 0 Å². The van der Waals surface area contributed by atoms with Gasteiger partial charge in [0.1, 0.15) is 0 Å². The molecule has 2 nitrogen and oxygen atoms in total. The molecule has 1 radical (unpaired) electrons. The maximum Gasteiger partial charge on any atom is 0.0458 e. The number of allylic oxidation sites excluding steroid dienone is 4. The fraction of sp³-hybridized carbons (Fsp3) is 0.130. The van der Waals surface area contributed by atoms with Crippen LogP contribution in [0.2, 0.25) is 0 Å². The highest BCUT2D eigenvalue weighted by molar-refractivity contribution is 5.75. The first-order chi connectivity index (χ1) is 27.8. The molecular weight excluding hydrogens is 677 g/mol. The van der Waals surface area contributed by atoms with Crippen LogP contribution in [0.25, 0.3) is 22.3 Å². The average molecular weight is 726 g/mol. The van der Waals surface area contributed by atoms with Gasteiger partial charge in [0.25, 0.3) is 0 Å². The Morgan fingerprint density at radius 1 is 0.357 bits per heavy atom. The third kappa shape index (κ3) is 8.94. The monoisotopic (exact) mass is 725 g/mol. The van der Waals surface area contributed by atoms with E-state index in [9.17, 15) is 0 Å². The van der Waals surface area contributed by atoms with E-state index < -0.39 is 0 Å². The van der Waals surface area contributed by atoms with Gasteiger partial charge in [-0.05, 0) is 127 Å². The third-order valence-corrected chi connectivity index (χ3v) is 11.0. The first-order valence-electron chi connectivity index (χ1n) is 20.0. The Morgan fingerprint density at radius 3 is 1.20 bits per heavy atom. The number of hydrogen-bond acceptors (Lipinski definition) is 2. The summed E-state index contributed by atoms with van der Waals surface area (Å²) in [5.41, 5.74) is 12.6. The molecule has 2 aliphatic carbocycles. The summed E-state index contributed by atoms with van der Waals surface area (Å²) in [5.74, 6) is 0.612. The van der Waals surface area contributed by atoms with Crippen molar-refractivity contribution in [3.05, 3.63) is 236 Å². The summed E-state index contributed by atoms with van der Waals surface area (Å²) in [6.07, 6.45) is 14.4. The zero-order valence-corrected chi connectivity index (χ0v) is 31.9. The molecule has 2 heteroatoms. The Hall–Kier alpha value is -6.38. The van der Waals surface area contributed by atoms with Gasteiger partial charge in [0.2, 0.25) is 0 Å². The highest BCUT2D eigenvalue weighted by atomic mass is 15.2. The van der Waals surface area contributed by atoms with Crippen molar-refractivity contribution in [2.24, 2.45) is 0 Å². The first-order valence-corrected chi connectivity index (χ1v) is 20.0. The molecule has 7 aromatic rings. The van der Waals surface area contributed by atoms with E-state index in [0.29, 0.717) is 12.0 Å². The van der Waals surface area contributed by atoms with Crippen LogP contribution in [-0.2, 0) is 0 Å². The molecule has 275 valence electrons. The summed E-state index contributed by atoms with van der Waals surface area (Å²) in [4.78, 5) is 4.91. The van der Waals surface area contributed by atoms with Crippen molar-refractivity contribution in [1.82, 2.24) is 0 Å². The molecule has 0 N–H and O–H groups in total. The zero-order chi connectivity index (χ0) is 37.8. The summed E-state index contributed by atoms with van der Waals surface area (Å²) >= 11 is 0. The van der Waals surface area contributed by atoms with Gasteiger partial charge >= 0.3 is 0 Å². The van der Waals surface area contributed by atoms with E-state index in [1.165, 1.54) is 81.9 Å². The normalized spacial score (nSPS) is 16.2. The molecule has 0 aromatic heterocycles. The van der Waals surface area contributed by atoms with E-state index in [4.69, 9.17) is 0 Å². The van der Waals surface area contributed by atoms with E-state index in [0.717, 1.165) is 6.42 Å². The second-order valence-electron chi connectivity index (χ2n) is 14.6. The zero-order valence-electron chi connectivity index (χ0n) is 31.9. The first kappa shape index (κ1) is 36.6. The minimum Gasteiger partial charge on any atom is -0.338 e. The number of benzene rings is 7. The minimum absolute atomic E-state index is 0.512. The number of anilines is 4. The van der Waals surface area contributed by atoms with Crippen LogP contribution in [0.4, 0.5) is 22.7 Å². The molecule has 0 saturated heterocycles. The number of rotatable bonds is 9. The Balaban J connectivity index is 0.000000673. The maximum absolute atomic E-state index is 2.56. The highest BCUT2D eigenvalue weighted by Gasteiger charge is 2.28. The predicted molar refractivity (Wildman–Crippen MR) is 238 cm³/mol. The molecule has 0 unspecified atom stereocenters. The van der Waals surface area contributed by atoms with E-state index in [1.807, 2.05) is 36.4 Å². The van der Waals surface area contributed by atoms with Crippen molar-refractivity contribution in [2.75, 3.05) is 9.80 Å². The molecule has 56 heavy (non-hydrogen) atoms. The SMILES string of the molecule is [CH]1C=CC=C(N(c2ccccc2)c2ccc(-c3ccc(-c4ccc(C5CCC(N(c6ccccc6)c6ccccc6)CC5)cc4)cc3)cc2)C1.c1ccccc1. The standard InChI is InChI=1S/C48H43N2.C6H6/c1-5-13-43(14-6-1)49(44-15-7-2-8-16-44)47-33-29-41(30-34-47)39-25-21-37(22-26-39)38-23-27-40(28-24-38)42-31-35-48(36-32-42)50(45-17-9-3-10-18-45)46-19-11-4-12-20-46;1-2-4-6-5-3-1/h1-19,21-28,31-32,35-36,41,47H,20,29-30,33-34H2;1-6H. The molecule has 2 aliphatic rings. The van der Waals surface area contributed by atoms with Gasteiger partial charge in [0.05, 0.1) is 0 Å². The molecule has 0 aliphatic heterocycles. The fourth-order valence-electron chi connectivity index (χ4n) is 8.13. The van der Waals surface area contributed by atoms with E-state index >= 15 is 0 Å². The summed E-state index contributed by atoms with van der Waals surface area (Å²) in [7, 11) is 0. The molecule has 0 bridgehead atoms. The smallest absolute Gasteiger partial charge is 0.0458 e. The van der Waals surface area contributed by atoms with Crippen LogP contribution in [-0.4, -0.2) is 6.04 Å². The fourth-order valence-corrected chi connectivity index (χ4v) is 8.13. The van der Waals surface area contributed by atoms with Crippen LogP contribution in [0.5, 0.6) is 0 Å². The van der Waals surface area contributed by atoms with Gasteiger partial charge in [-0.2, -0.15) is 0 Å². The molecule has 1 fully saturated rings. The number of nitrogens with zero attached hydrogens (tertiary/aromatic N) is 2. The summed E-state index contributed by atoms with van der Waals surface area (Å²) in [6.45, 7) is 0. The molecule has 1 saturated carbocycles. The second kappa shape index (κ2) is 18.3. The quantitative estimate of drug-likeness (QED) is 0.146. The van der Waals surface area contributed by atoms with Gasteiger partial charge in [0, 0.05) is 34.5 Å². The highest BCUT2D eigenvalue weighted by Crippen LogP contribution is 2.40. The summed E-state index contributed by atoms with van der Waals surface area (Å²) in [6, 6.07) is 72.3. The molecule has 0 amide bonds. The van der Waals surface area contributed by atoms with E-state index in [2.05, 4.69) is 198 Å². The molecule has 9 rings (SSSR count). The Morgan fingerprint density at radius 2 is 0.750 bits per heavy atom. The largest absolute Gasteiger partial charge is 0.338 e. The lowest BCUT2D eigenvalue weighted by Gasteiger charge is -2.38. The number of para-hydroxylation sites is 3. The van der Waals surface area contributed by atoms with Gasteiger partial charge in [-0.1, -0.05) is 164 Å². The third-order valence-electron chi connectivity index (χ3n) is 11.0. The van der Waals surface area contributed by atoms with Gasteiger partial charge in [-0.3, -0.25) is 0 Å². The van der Waals surface area contributed by atoms with Crippen LogP contribution in [0.1, 0.15) is 43.6 Å². The molecule has 7 aromatic carbocycles. The van der Waals surface area contributed by atoms with Gasteiger partial charge in [-0.25, -0.2) is 0 Å². The van der Waals surface area contributed by atoms with Gasteiger partial charge < -0.3 is 9.80 Å². The Labute approximate surface area is 333 Å². The van der Waals surface area contributed by atoms with Crippen molar-refractivity contribution in [3.8, 4) is 22.3 Å². The topological polar surface area (TPSA) is 6.48 Å². The minimum atomic E-state index is 0.512. The lowest BCUT2D eigenvalue weighted by atomic mass is 9.80. The maximum atomic E-state index is 2.56. The molecule has 0 atom stereocenters. The average Bonchev–Trinajstić information content (AvgIpc) is 3.30. The van der Waals surface area contributed by atoms with Crippen molar-refractivity contribution in [1.29, 1.82) is 0 Å². The molecule has 0 heterocycles. The Kier molecular flexibility index (Phi) is 12.0. The molecular formula is C54H49N2. The van der Waals surface area contributed by atoms with Crippen LogP contribution in [0, 0.1) is 6.42 Å². The van der Waals surface area contributed by atoms with Crippen LogP contribution < -0.4 is 9.80 Å². The summed E-state index contributed by atoms with van der Waals surface area (Å²) in [5, 5.41) is 0. The van der Waals surface area contributed by atoms with Gasteiger partial charge in [0.15, 0.2) is 0 Å². The lowest BCUT2D eigenvalue weighted by Crippen LogP contribution is -2.34.